The summed E-state index contributed by atoms with van der Waals surface area (Å²) in [6, 6.07) is 4.93. The molecule has 1 aliphatic rings. The number of benzene rings is 1. The van der Waals surface area contributed by atoms with Crippen molar-refractivity contribution < 1.29 is 4.79 Å². The van der Waals surface area contributed by atoms with E-state index in [9.17, 15) is 4.79 Å². The molecule has 2 aromatic rings. The van der Waals surface area contributed by atoms with E-state index >= 15 is 0 Å². The molecule has 1 aromatic carbocycles. The minimum atomic E-state index is -0.285. The molecule has 1 aliphatic heterocycles. The predicted molar refractivity (Wildman–Crippen MR) is 97.1 cm³/mol. The monoisotopic (exact) mass is 364 g/mol. The third-order valence-corrected chi connectivity index (χ3v) is 4.76. The Kier molecular flexibility index (Phi) is 5.21. The number of nitrogens with one attached hydrogen (secondary N) is 1. The van der Waals surface area contributed by atoms with Gasteiger partial charge in [0.25, 0.3) is 5.91 Å². The Morgan fingerprint density at radius 3 is 2.67 bits per heavy atom. The van der Waals surface area contributed by atoms with Gasteiger partial charge < -0.3 is 10.2 Å². The fourth-order valence-electron chi connectivity index (χ4n) is 2.75. The van der Waals surface area contributed by atoms with Gasteiger partial charge in [-0.3, -0.25) is 4.79 Å². The number of halogens is 2. The Morgan fingerprint density at radius 2 is 2.00 bits per heavy atom. The van der Waals surface area contributed by atoms with Crippen LogP contribution in [0.1, 0.15) is 30.1 Å². The number of aromatic nitrogens is 2. The lowest BCUT2D eigenvalue weighted by Crippen LogP contribution is -2.35. The molecule has 24 heavy (non-hydrogen) atoms. The van der Waals surface area contributed by atoms with Crippen molar-refractivity contribution in [1.82, 2.24) is 9.97 Å². The van der Waals surface area contributed by atoms with Crippen LogP contribution in [0.2, 0.25) is 10.0 Å². The van der Waals surface area contributed by atoms with Crippen molar-refractivity contribution >= 4 is 40.7 Å². The molecule has 5 nitrogen and oxygen atoms in total. The first-order valence-corrected chi connectivity index (χ1v) is 8.62. The second kappa shape index (κ2) is 7.36. The number of nitrogens with zero attached hydrogens (tertiary/aromatic N) is 3. The smallest absolute Gasteiger partial charge is 0.258 e. The normalized spacial score (nSPS) is 17.6. The topological polar surface area (TPSA) is 58.1 Å². The Labute approximate surface area is 151 Å². The van der Waals surface area contributed by atoms with Gasteiger partial charge in [-0.05, 0) is 37.0 Å². The maximum Gasteiger partial charge on any atom is 0.258 e. The van der Waals surface area contributed by atoms with Crippen LogP contribution in [0.3, 0.4) is 0 Å². The molecule has 0 saturated carbocycles. The first-order valence-electron chi connectivity index (χ1n) is 7.86. The summed E-state index contributed by atoms with van der Waals surface area (Å²) in [6.45, 7) is 4.14. The second-order valence-corrected chi connectivity index (χ2v) is 6.86. The second-order valence-electron chi connectivity index (χ2n) is 6.05. The highest BCUT2D eigenvalue weighted by Gasteiger charge is 2.19. The fourth-order valence-corrected chi connectivity index (χ4v) is 3.05. The lowest BCUT2D eigenvalue weighted by atomic mass is 10.0. The highest BCUT2D eigenvalue weighted by Crippen LogP contribution is 2.25. The highest BCUT2D eigenvalue weighted by molar-refractivity contribution is 6.42. The lowest BCUT2D eigenvalue weighted by molar-refractivity contribution is 0.102. The molecule has 1 N–H and O–H groups in total. The maximum atomic E-state index is 12.3. The first-order chi connectivity index (χ1) is 11.5. The van der Waals surface area contributed by atoms with Crippen LogP contribution >= 0.6 is 23.2 Å². The molecule has 1 saturated heterocycles. The summed E-state index contributed by atoms with van der Waals surface area (Å²) in [5.74, 6) is 1.03. The van der Waals surface area contributed by atoms with Gasteiger partial charge in [0, 0.05) is 31.2 Å². The average Bonchev–Trinajstić information content (AvgIpc) is 2.58. The minimum Gasteiger partial charge on any atom is -0.341 e. The van der Waals surface area contributed by atoms with Crippen LogP contribution in [0, 0.1) is 5.92 Å². The predicted octanol–water partition coefficient (Wildman–Crippen LogP) is 4.27. The van der Waals surface area contributed by atoms with E-state index in [0.29, 0.717) is 33.2 Å². The molecule has 0 radical (unpaired) electrons. The molecular weight excluding hydrogens is 347 g/mol. The summed E-state index contributed by atoms with van der Waals surface area (Å²) in [5, 5.41) is 3.59. The molecule has 2 heterocycles. The van der Waals surface area contributed by atoms with E-state index in [0.717, 1.165) is 19.5 Å². The van der Waals surface area contributed by atoms with Crippen LogP contribution in [-0.4, -0.2) is 29.0 Å². The summed E-state index contributed by atoms with van der Waals surface area (Å²) >= 11 is 11.8. The fraction of sp³-hybridized carbons (Fsp3) is 0.353. The molecular formula is C17H18Cl2N4O. The summed E-state index contributed by atoms with van der Waals surface area (Å²) in [5.41, 5.74) is 0.971. The Balaban J connectivity index is 1.68. The number of hydrogen-bond donors (Lipinski definition) is 1. The Hall–Kier alpha value is -1.85. The molecule has 1 atom stereocenters. The molecule has 3 rings (SSSR count). The summed E-state index contributed by atoms with van der Waals surface area (Å²) in [6.07, 6.45) is 5.48. The van der Waals surface area contributed by atoms with Crippen LogP contribution in [0.4, 0.5) is 11.6 Å². The zero-order valence-electron chi connectivity index (χ0n) is 13.3. The molecule has 0 spiro atoms. The van der Waals surface area contributed by atoms with Crippen LogP contribution in [0.25, 0.3) is 0 Å². The van der Waals surface area contributed by atoms with Gasteiger partial charge in [-0.2, -0.15) is 0 Å². The van der Waals surface area contributed by atoms with E-state index in [-0.39, 0.29) is 5.91 Å². The van der Waals surface area contributed by atoms with E-state index in [1.165, 1.54) is 6.42 Å². The van der Waals surface area contributed by atoms with Crippen molar-refractivity contribution in [1.29, 1.82) is 0 Å². The first kappa shape index (κ1) is 17.0. The molecule has 0 bridgehead atoms. The van der Waals surface area contributed by atoms with Crippen molar-refractivity contribution in [3.05, 3.63) is 46.2 Å². The van der Waals surface area contributed by atoms with Gasteiger partial charge in [0.1, 0.15) is 0 Å². The quantitative estimate of drug-likeness (QED) is 0.883. The van der Waals surface area contributed by atoms with Crippen molar-refractivity contribution in [2.75, 3.05) is 23.3 Å². The maximum absolute atomic E-state index is 12.3. The number of rotatable bonds is 3. The van der Waals surface area contributed by atoms with Crippen molar-refractivity contribution in [2.24, 2.45) is 5.92 Å². The van der Waals surface area contributed by atoms with Gasteiger partial charge in [-0.1, -0.05) is 30.1 Å². The largest absolute Gasteiger partial charge is 0.341 e. The van der Waals surface area contributed by atoms with Gasteiger partial charge in [-0.25, -0.2) is 9.97 Å². The molecule has 7 heteroatoms. The number of anilines is 2. The van der Waals surface area contributed by atoms with Gasteiger partial charge >= 0.3 is 0 Å². The van der Waals surface area contributed by atoms with E-state index in [4.69, 9.17) is 23.2 Å². The molecule has 1 amide bonds. The van der Waals surface area contributed by atoms with E-state index in [1.54, 1.807) is 30.6 Å². The highest BCUT2D eigenvalue weighted by atomic mass is 35.5. The molecule has 1 unspecified atom stereocenters. The summed E-state index contributed by atoms with van der Waals surface area (Å²) in [4.78, 5) is 23.1. The minimum absolute atomic E-state index is 0.285. The van der Waals surface area contributed by atoms with Crippen LogP contribution < -0.4 is 10.2 Å². The van der Waals surface area contributed by atoms with Crippen LogP contribution in [0.5, 0.6) is 0 Å². The zero-order valence-corrected chi connectivity index (χ0v) is 14.8. The number of piperidine rings is 1. The van der Waals surface area contributed by atoms with Gasteiger partial charge in [0.2, 0.25) is 5.95 Å². The van der Waals surface area contributed by atoms with Gasteiger partial charge in [0.05, 0.1) is 15.6 Å². The molecule has 0 aliphatic carbocycles. The summed E-state index contributed by atoms with van der Waals surface area (Å²) in [7, 11) is 0. The Bertz CT molecular complexity index is 736. The molecule has 126 valence electrons. The average molecular weight is 365 g/mol. The third kappa shape index (κ3) is 3.97. The third-order valence-electron chi connectivity index (χ3n) is 4.02. The molecule has 1 aromatic heterocycles. The summed E-state index contributed by atoms with van der Waals surface area (Å²) < 4.78 is 0. The van der Waals surface area contributed by atoms with Gasteiger partial charge in [0.15, 0.2) is 0 Å². The van der Waals surface area contributed by atoms with E-state index in [1.807, 2.05) is 0 Å². The lowest BCUT2D eigenvalue weighted by Gasteiger charge is -2.30. The SMILES string of the molecule is CC1CCCN(c2ncc(C(=O)Nc3ccc(Cl)c(Cl)c3)cn2)C1. The van der Waals surface area contributed by atoms with E-state index in [2.05, 4.69) is 27.1 Å². The number of carbonyl (C=O) groups excluding carboxylic acids is 1. The number of amides is 1. The number of carbonyl (C=O) groups is 1. The van der Waals surface area contributed by atoms with E-state index < -0.39 is 0 Å². The van der Waals surface area contributed by atoms with Crippen molar-refractivity contribution in [2.45, 2.75) is 19.8 Å². The van der Waals surface area contributed by atoms with Crippen LogP contribution in [-0.2, 0) is 0 Å². The standard InChI is InChI=1S/C17H18Cl2N4O/c1-11-3-2-6-23(10-11)17-20-8-12(9-21-17)16(24)22-13-4-5-14(18)15(19)7-13/h4-5,7-9,11H,2-3,6,10H2,1H3,(H,22,24). The van der Waals surface area contributed by atoms with Gasteiger partial charge in [-0.15, -0.1) is 0 Å². The van der Waals surface area contributed by atoms with Crippen molar-refractivity contribution in [3.63, 3.8) is 0 Å². The molecule has 1 fully saturated rings. The number of hydrogen-bond acceptors (Lipinski definition) is 4. The van der Waals surface area contributed by atoms with Crippen molar-refractivity contribution in [3.8, 4) is 0 Å². The zero-order chi connectivity index (χ0) is 17.1. The Morgan fingerprint density at radius 1 is 1.25 bits per heavy atom. The van der Waals surface area contributed by atoms with Crippen LogP contribution in [0.15, 0.2) is 30.6 Å².